The number of hydrogen-bond acceptors (Lipinski definition) is 3. The van der Waals surface area contributed by atoms with E-state index >= 15 is 0 Å². The van der Waals surface area contributed by atoms with Gasteiger partial charge in [-0.15, -0.1) is 0 Å². The lowest BCUT2D eigenvalue weighted by molar-refractivity contribution is 0.412. The van der Waals surface area contributed by atoms with Gasteiger partial charge >= 0.3 is 0 Å². The lowest BCUT2D eigenvalue weighted by Crippen LogP contribution is -2.33. The predicted molar refractivity (Wildman–Crippen MR) is 108 cm³/mol. The molecule has 3 aromatic carbocycles. The van der Waals surface area contributed by atoms with Gasteiger partial charge in [-0.25, -0.2) is 4.39 Å². The number of phenols is 1. The molecule has 0 saturated carbocycles. The van der Waals surface area contributed by atoms with Gasteiger partial charge in [-0.2, -0.15) is 0 Å². The van der Waals surface area contributed by atoms with Crippen molar-refractivity contribution in [3.63, 3.8) is 0 Å². The molecule has 4 rings (SSSR count). The molecule has 0 unspecified atom stereocenters. The number of rotatable bonds is 3. The first-order valence-corrected chi connectivity index (χ1v) is 9.51. The molecule has 0 bridgehead atoms. The molecule has 0 aliphatic carbocycles. The summed E-state index contributed by atoms with van der Waals surface area (Å²) in [6.07, 6.45) is 0.333. The van der Waals surface area contributed by atoms with Gasteiger partial charge in [-0.1, -0.05) is 58.4 Å². The van der Waals surface area contributed by atoms with Crippen molar-refractivity contribution in [2.24, 2.45) is 4.99 Å². The van der Waals surface area contributed by atoms with Crippen molar-refractivity contribution in [2.45, 2.75) is 18.6 Å². The van der Waals surface area contributed by atoms with E-state index < -0.39 is 0 Å². The van der Waals surface area contributed by atoms with Gasteiger partial charge in [-0.3, -0.25) is 10.3 Å². The molecule has 0 saturated heterocycles. The van der Waals surface area contributed by atoms with Crippen LogP contribution in [0.15, 0.2) is 82.3 Å². The molecule has 0 aromatic heterocycles. The summed E-state index contributed by atoms with van der Waals surface area (Å²) in [5, 5.41) is 13.8. The number of halogens is 2. The largest absolute Gasteiger partial charge is 0.508 e. The fourth-order valence-corrected chi connectivity index (χ4v) is 3.59. The topological polar surface area (TPSA) is 44.6 Å². The molecule has 1 heterocycles. The second kappa shape index (κ2) is 7.62. The molecule has 3 nitrogen and oxygen atoms in total. The summed E-state index contributed by atoms with van der Waals surface area (Å²) in [7, 11) is 0. The van der Waals surface area contributed by atoms with E-state index in [0.717, 1.165) is 26.9 Å². The SMILES string of the molecule is Oc1ccccc1[C@@H]1CC(c2ccc(Br)cc2)=N[C@@H](c2ccc(F)cc2)N1. The van der Waals surface area contributed by atoms with E-state index in [1.807, 2.05) is 42.5 Å². The molecule has 0 amide bonds. The molecule has 2 N–H and O–H groups in total. The van der Waals surface area contributed by atoms with Crippen LogP contribution in [-0.4, -0.2) is 10.8 Å². The standard InChI is InChI=1S/C22H18BrFN2O/c23-16-9-5-14(6-10-16)19-13-20(18-3-1-2-4-21(18)27)26-22(25-19)15-7-11-17(24)12-8-15/h1-12,20,22,26-27H,13H2/t20-,22+/m0/s1. The molecule has 1 aliphatic heterocycles. The van der Waals surface area contributed by atoms with Crippen LogP contribution in [0.3, 0.4) is 0 Å². The van der Waals surface area contributed by atoms with Crippen LogP contribution in [-0.2, 0) is 0 Å². The molecular weight excluding hydrogens is 407 g/mol. The van der Waals surface area contributed by atoms with Crippen LogP contribution in [0, 0.1) is 5.82 Å². The number of para-hydroxylation sites is 1. The van der Waals surface area contributed by atoms with E-state index in [2.05, 4.69) is 21.2 Å². The summed E-state index contributed by atoms with van der Waals surface area (Å²) in [6.45, 7) is 0. The Morgan fingerprint density at radius 3 is 2.37 bits per heavy atom. The number of hydrogen-bond donors (Lipinski definition) is 2. The smallest absolute Gasteiger partial charge is 0.126 e. The van der Waals surface area contributed by atoms with Crippen LogP contribution in [0.5, 0.6) is 5.75 Å². The Hall–Kier alpha value is -2.50. The molecule has 0 fully saturated rings. The van der Waals surface area contributed by atoms with Gasteiger partial charge in [0.15, 0.2) is 0 Å². The summed E-state index contributed by atoms with van der Waals surface area (Å²) in [4.78, 5) is 4.87. The Morgan fingerprint density at radius 1 is 0.963 bits per heavy atom. The highest BCUT2D eigenvalue weighted by Gasteiger charge is 2.27. The highest BCUT2D eigenvalue weighted by molar-refractivity contribution is 9.10. The van der Waals surface area contributed by atoms with E-state index in [0.29, 0.717) is 6.42 Å². The minimum atomic E-state index is -0.317. The molecule has 2 atom stereocenters. The monoisotopic (exact) mass is 424 g/mol. The average molecular weight is 425 g/mol. The Labute approximate surface area is 165 Å². The first kappa shape index (κ1) is 17.9. The lowest BCUT2D eigenvalue weighted by atomic mass is 9.93. The number of nitrogens with zero attached hydrogens (tertiary/aromatic N) is 1. The maximum atomic E-state index is 13.3. The fourth-order valence-electron chi connectivity index (χ4n) is 3.32. The van der Waals surface area contributed by atoms with Crippen molar-refractivity contribution in [1.82, 2.24) is 5.32 Å². The zero-order valence-corrected chi connectivity index (χ0v) is 16.0. The third kappa shape index (κ3) is 3.94. The van der Waals surface area contributed by atoms with Crippen molar-refractivity contribution in [1.29, 1.82) is 0 Å². The Morgan fingerprint density at radius 2 is 1.67 bits per heavy atom. The highest BCUT2D eigenvalue weighted by atomic mass is 79.9. The van der Waals surface area contributed by atoms with Crippen molar-refractivity contribution in [3.8, 4) is 5.75 Å². The molecule has 27 heavy (non-hydrogen) atoms. The third-order valence-electron chi connectivity index (χ3n) is 4.72. The quantitative estimate of drug-likeness (QED) is 0.581. The Bertz CT molecular complexity index is 970. The van der Waals surface area contributed by atoms with Gasteiger partial charge < -0.3 is 5.11 Å². The molecule has 136 valence electrons. The van der Waals surface area contributed by atoms with E-state index in [-0.39, 0.29) is 23.8 Å². The number of benzene rings is 3. The second-order valence-corrected chi connectivity index (χ2v) is 7.43. The van der Waals surface area contributed by atoms with Crippen molar-refractivity contribution < 1.29 is 9.50 Å². The number of nitrogens with one attached hydrogen (secondary N) is 1. The Kier molecular flexibility index (Phi) is 5.05. The van der Waals surface area contributed by atoms with Crippen molar-refractivity contribution in [3.05, 3.63) is 99.8 Å². The molecular formula is C22H18BrFN2O. The summed E-state index contributed by atoms with van der Waals surface area (Å²) >= 11 is 3.46. The predicted octanol–water partition coefficient (Wildman–Crippen LogP) is 5.52. The molecule has 0 spiro atoms. The van der Waals surface area contributed by atoms with Crippen LogP contribution in [0.2, 0.25) is 0 Å². The summed E-state index contributed by atoms with van der Waals surface area (Å²) in [6, 6.07) is 21.6. The lowest BCUT2D eigenvalue weighted by Gasteiger charge is -2.31. The molecule has 3 aromatic rings. The maximum Gasteiger partial charge on any atom is 0.126 e. The number of phenolic OH excluding ortho intramolecular Hbond substituents is 1. The summed E-state index contributed by atoms with van der Waals surface area (Å²) in [5.41, 5.74) is 3.69. The van der Waals surface area contributed by atoms with E-state index in [1.54, 1.807) is 18.2 Å². The first-order valence-electron chi connectivity index (χ1n) is 8.72. The number of aromatic hydroxyl groups is 1. The van der Waals surface area contributed by atoms with Crippen molar-refractivity contribution >= 4 is 21.6 Å². The van der Waals surface area contributed by atoms with Crippen molar-refractivity contribution in [2.75, 3.05) is 0 Å². The highest BCUT2D eigenvalue weighted by Crippen LogP contribution is 2.34. The van der Waals surface area contributed by atoms with E-state index in [9.17, 15) is 9.50 Å². The molecule has 1 aliphatic rings. The van der Waals surface area contributed by atoms with Gasteiger partial charge in [0.25, 0.3) is 0 Å². The van der Waals surface area contributed by atoms with E-state index in [4.69, 9.17) is 4.99 Å². The zero-order valence-electron chi connectivity index (χ0n) is 14.4. The Balaban J connectivity index is 1.75. The van der Waals surface area contributed by atoms with Gasteiger partial charge in [0, 0.05) is 28.2 Å². The van der Waals surface area contributed by atoms with Gasteiger partial charge in [0.2, 0.25) is 0 Å². The van der Waals surface area contributed by atoms with E-state index in [1.165, 1.54) is 12.1 Å². The first-order chi connectivity index (χ1) is 13.1. The molecule has 0 radical (unpaired) electrons. The van der Waals surface area contributed by atoms with Crippen LogP contribution >= 0.6 is 15.9 Å². The van der Waals surface area contributed by atoms with Gasteiger partial charge in [0.1, 0.15) is 17.7 Å². The fraction of sp³-hybridized carbons (Fsp3) is 0.136. The number of aliphatic imine (C=N–C) groups is 1. The minimum Gasteiger partial charge on any atom is -0.508 e. The second-order valence-electron chi connectivity index (χ2n) is 6.52. The van der Waals surface area contributed by atoms with Crippen LogP contribution in [0.1, 0.15) is 35.3 Å². The summed E-state index contributed by atoms with van der Waals surface area (Å²) in [5.74, 6) is -0.0196. The average Bonchev–Trinajstić information content (AvgIpc) is 2.69. The summed E-state index contributed by atoms with van der Waals surface area (Å²) < 4.78 is 14.3. The molecule has 5 heteroatoms. The third-order valence-corrected chi connectivity index (χ3v) is 5.25. The van der Waals surface area contributed by atoms with Crippen LogP contribution in [0.25, 0.3) is 0 Å². The van der Waals surface area contributed by atoms with Crippen LogP contribution in [0.4, 0.5) is 4.39 Å². The van der Waals surface area contributed by atoms with Crippen LogP contribution < -0.4 is 5.32 Å². The van der Waals surface area contributed by atoms with Gasteiger partial charge in [0.05, 0.1) is 0 Å². The minimum absolute atomic E-state index is 0.0996. The maximum absolute atomic E-state index is 13.3. The normalized spacial score (nSPS) is 19.6. The van der Waals surface area contributed by atoms with Gasteiger partial charge in [-0.05, 0) is 41.5 Å². The zero-order chi connectivity index (χ0) is 18.8.